The second-order valence-corrected chi connectivity index (χ2v) is 7.72. The standard InChI is InChI=1S/C22H25N3O3/c23-21(27)22(12-17-6-2-1-3-7-17)15-25(16-22)20(26)14-24-10-11-28-19-9-5-4-8-18(19)13-24/h1-9H,10-16H2,(H2,23,27). The molecule has 2 heterocycles. The van der Waals surface area contributed by atoms with E-state index in [-0.39, 0.29) is 11.8 Å². The number of amides is 2. The summed E-state index contributed by atoms with van der Waals surface area (Å²) < 4.78 is 5.76. The normalized spacial score (nSPS) is 18.4. The van der Waals surface area contributed by atoms with Gasteiger partial charge in [0.1, 0.15) is 12.4 Å². The van der Waals surface area contributed by atoms with E-state index >= 15 is 0 Å². The monoisotopic (exact) mass is 379 g/mol. The highest BCUT2D eigenvalue weighted by atomic mass is 16.5. The molecule has 2 aromatic carbocycles. The van der Waals surface area contributed by atoms with Crippen LogP contribution in [0.15, 0.2) is 54.6 Å². The summed E-state index contributed by atoms with van der Waals surface area (Å²) in [4.78, 5) is 28.7. The van der Waals surface area contributed by atoms with Crippen LogP contribution in [0.3, 0.4) is 0 Å². The van der Waals surface area contributed by atoms with Crippen LogP contribution in [0.1, 0.15) is 11.1 Å². The van der Waals surface area contributed by atoms with Crippen molar-refractivity contribution in [3.05, 3.63) is 65.7 Å². The third-order valence-electron chi connectivity index (χ3n) is 5.64. The van der Waals surface area contributed by atoms with Gasteiger partial charge in [0.15, 0.2) is 0 Å². The number of nitrogens with zero attached hydrogens (tertiary/aromatic N) is 2. The molecule has 0 radical (unpaired) electrons. The average Bonchev–Trinajstić information content (AvgIpc) is 2.86. The summed E-state index contributed by atoms with van der Waals surface area (Å²) in [7, 11) is 0. The fourth-order valence-electron chi connectivity index (χ4n) is 4.01. The van der Waals surface area contributed by atoms with Crippen molar-refractivity contribution in [3.63, 3.8) is 0 Å². The fourth-order valence-corrected chi connectivity index (χ4v) is 4.01. The topological polar surface area (TPSA) is 75.9 Å². The van der Waals surface area contributed by atoms with E-state index < -0.39 is 5.41 Å². The Bertz CT molecular complexity index is 862. The van der Waals surface area contributed by atoms with Crippen LogP contribution in [0.25, 0.3) is 0 Å². The summed E-state index contributed by atoms with van der Waals surface area (Å²) in [6, 6.07) is 17.7. The molecule has 2 N–H and O–H groups in total. The van der Waals surface area contributed by atoms with Crippen LogP contribution in [0, 0.1) is 5.41 Å². The number of hydrogen-bond acceptors (Lipinski definition) is 4. The van der Waals surface area contributed by atoms with Crippen molar-refractivity contribution in [2.24, 2.45) is 11.1 Å². The second kappa shape index (κ2) is 7.64. The number of carbonyl (C=O) groups is 2. The minimum absolute atomic E-state index is 0.0318. The summed E-state index contributed by atoms with van der Waals surface area (Å²) in [6.45, 7) is 3.02. The van der Waals surface area contributed by atoms with Gasteiger partial charge >= 0.3 is 0 Å². The number of ether oxygens (including phenoxy) is 1. The first kappa shape index (κ1) is 18.5. The van der Waals surface area contributed by atoms with Gasteiger partial charge in [-0.1, -0.05) is 48.5 Å². The molecule has 0 atom stereocenters. The zero-order chi connectivity index (χ0) is 19.6. The van der Waals surface area contributed by atoms with Crippen LogP contribution in [-0.2, 0) is 22.6 Å². The average molecular weight is 379 g/mol. The summed E-state index contributed by atoms with van der Waals surface area (Å²) in [6.07, 6.45) is 0.567. The summed E-state index contributed by atoms with van der Waals surface area (Å²) in [5, 5.41) is 0. The first-order valence-corrected chi connectivity index (χ1v) is 9.60. The summed E-state index contributed by atoms with van der Waals surface area (Å²) in [5.41, 5.74) is 7.19. The molecule has 0 spiro atoms. The van der Waals surface area contributed by atoms with Crippen molar-refractivity contribution in [2.75, 3.05) is 32.8 Å². The third kappa shape index (κ3) is 3.73. The lowest BCUT2D eigenvalue weighted by Crippen LogP contribution is -2.66. The Balaban J connectivity index is 1.37. The molecule has 0 unspecified atom stereocenters. The molecule has 4 rings (SSSR count). The van der Waals surface area contributed by atoms with Gasteiger partial charge in [0.05, 0.1) is 12.0 Å². The molecule has 0 saturated carbocycles. The van der Waals surface area contributed by atoms with E-state index in [0.717, 1.165) is 16.9 Å². The van der Waals surface area contributed by atoms with E-state index in [2.05, 4.69) is 4.90 Å². The maximum Gasteiger partial charge on any atom is 0.236 e. The Labute approximate surface area is 164 Å². The summed E-state index contributed by atoms with van der Waals surface area (Å²) >= 11 is 0. The molecule has 2 amide bonds. The van der Waals surface area contributed by atoms with Crippen molar-refractivity contribution in [3.8, 4) is 5.75 Å². The lowest BCUT2D eigenvalue weighted by molar-refractivity contribution is -0.152. The second-order valence-electron chi connectivity index (χ2n) is 7.72. The number of carbonyl (C=O) groups excluding carboxylic acids is 2. The lowest BCUT2D eigenvalue weighted by Gasteiger charge is -2.48. The van der Waals surface area contributed by atoms with Gasteiger partial charge in [-0.2, -0.15) is 0 Å². The first-order chi connectivity index (χ1) is 13.6. The predicted molar refractivity (Wildman–Crippen MR) is 106 cm³/mol. The Morgan fingerprint density at radius 1 is 1.04 bits per heavy atom. The smallest absolute Gasteiger partial charge is 0.236 e. The number of nitrogens with two attached hydrogens (primary N) is 1. The predicted octanol–water partition coefficient (Wildman–Crippen LogP) is 1.44. The fraction of sp³-hybridized carbons (Fsp3) is 0.364. The van der Waals surface area contributed by atoms with Crippen molar-refractivity contribution in [2.45, 2.75) is 13.0 Å². The highest BCUT2D eigenvalue weighted by Gasteiger charge is 2.49. The molecule has 1 fully saturated rings. The maximum atomic E-state index is 12.8. The Morgan fingerprint density at radius 2 is 1.75 bits per heavy atom. The van der Waals surface area contributed by atoms with E-state index in [1.54, 1.807) is 4.90 Å². The van der Waals surface area contributed by atoms with Crippen LogP contribution in [0.4, 0.5) is 0 Å². The molecule has 0 aliphatic carbocycles. The maximum absolute atomic E-state index is 12.8. The van der Waals surface area contributed by atoms with E-state index in [0.29, 0.717) is 45.8 Å². The zero-order valence-electron chi connectivity index (χ0n) is 15.8. The van der Waals surface area contributed by atoms with Crippen LogP contribution in [0.2, 0.25) is 0 Å². The van der Waals surface area contributed by atoms with Crippen molar-refractivity contribution in [1.82, 2.24) is 9.80 Å². The molecule has 28 heavy (non-hydrogen) atoms. The molecule has 0 aromatic heterocycles. The van der Waals surface area contributed by atoms with Gasteiger partial charge in [-0.3, -0.25) is 14.5 Å². The number of rotatable bonds is 5. The van der Waals surface area contributed by atoms with Gasteiger partial charge in [0.2, 0.25) is 11.8 Å². The van der Waals surface area contributed by atoms with Gasteiger partial charge in [-0.25, -0.2) is 0 Å². The number of benzene rings is 2. The van der Waals surface area contributed by atoms with Crippen LogP contribution >= 0.6 is 0 Å². The van der Waals surface area contributed by atoms with Crippen LogP contribution in [0.5, 0.6) is 5.75 Å². The molecule has 6 nitrogen and oxygen atoms in total. The molecule has 2 aromatic rings. The quantitative estimate of drug-likeness (QED) is 0.853. The van der Waals surface area contributed by atoms with Crippen molar-refractivity contribution < 1.29 is 14.3 Å². The van der Waals surface area contributed by atoms with E-state index in [9.17, 15) is 9.59 Å². The zero-order valence-corrected chi connectivity index (χ0v) is 15.8. The van der Waals surface area contributed by atoms with Crippen LogP contribution < -0.4 is 10.5 Å². The van der Waals surface area contributed by atoms with E-state index in [1.807, 2.05) is 54.6 Å². The third-order valence-corrected chi connectivity index (χ3v) is 5.64. The van der Waals surface area contributed by atoms with Crippen molar-refractivity contribution in [1.29, 1.82) is 0 Å². The minimum Gasteiger partial charge on any atom is -0.492 e. The summed E-state index contributed by atoms with van der Waals surface area (Å²) in [5.74, 6) is 0.582. The number of likely N-dealkylation sites (tertiary alicyclic amines) is 1. The first-order valence-electron chi connectivity index (χ1n) is 9.60. The van der Waals surface area contributed by atoms with Gasteiger partial charge in [0.25, 0.3) is 0 Å². The molecule has 146 valence electrons. The SMILES string of the molecule is NC(=O)C1(Cc2ccccc2)CN(C(=O)CN2CCOc3ccccc3C2)C1. The molecular weight excluding hydrogens is 354 g/mol. The largest absolute Gasteiger partial charge is 0.492 e. The van der Waals surface area contributed by atoms with Gasteiger partial charge in [0, 0.05) is 31.7 Å². The number of fused-ring (bicyclic) bond motifs is 1. The highest BCUT2D eigenvalue weighted by molar-refractivity contribution is 5.87. The minimum atomic E-state index is -0.661. The molecule has 1 saturated heterocycles. The Kier molecular flexibility index (Phi) is 5.05. The van der Waals surface area contributed by atoms with Gasteiger partial charge < -0.3 is 15.4 Å². The van der Waals surface area contributed by atoms with Gasteiger partial charge in [-0.15, -0.1) is 0 Å². The Hall–Kier alpha value is -2.86. The molecule has 6 heteroatoms. The molecule has 0 bridgehead atoms. The molecule has 2 aliphatic rings. The molecule has 2 aliphatic heterocycles. The molecular formula is C22H25N3O3. The van der Waals surface area contributed by atoms with Crippen molar-refractivity contribution >= 4 is 11.8 Å². The number of hydrogen-bond donors (Lipinski definition) is 1. The van der Waals surface area contributed by atoms with E-state index in [4.69, 9.17) is 10.5 Å². The lowest BCUT2D eigenvalue weighted by atomic mass is 9.74. The Morgan fingerprint density at radius 3 is 2.50 bits per heavy atom. The number of primary amides is 1. The van der Waals surface area contributed by atoms with E-state index in [1.165, 1.54) is 0 Å². The van der Waals surface area contributed by atoms with Crippen LogP contribution in [-0.4, -0.2) is 54.4 Å². The number of para-hydroxylation sites is 1. The highest BCUT2D eigenvalue weighted by Crippen LogP contribution is 2.34. The van der Waals surface area contributed by atoms with Gasteiger partial charge in [-0.05, 0) is 18.1 Å².